The molecule has 0 amide bonds. The van der Waals surface area contributed by atoms with E-state index in [4.69, 9.17) is 4.74 Å². The van der Waals surface area contributed by atoms with Gasteiger partial charge in [-0.15, -0.1) is 0 Å². The molecule has 92 valence electrons. The van der Waals surface area contributed by atoms with Crippen LogP contribution in [0.1, 0.15) is 19.2 Å². The van der Waals surface area contributed by atoms with Gasteiger partial charge in [-0.25, -0.2) is 4.98 Å². The summed E-state index contributed by atoms with van der Waals surface area (Å²) in [5.74, 6) is 1.03. The lowest BCUT2D eigenvalue weighted by molar-refractivity contribution is 0.0593. The standard InChI is InChI=1S/C11H21N3O2/c1-3-14-7-6-13-11(14)8-12-5-4-10(15)9-16-2/h6-7,10,12,15H,3-5,8-9H2,1-2H3. The molecule has 0 aliphatic rings. The van der Waals surface area contributed by atoms with Gasteiger partial charge in [-0.3, -0.25) is 0 Å². The molecule has 0 aliphatic heterocycles. The Morgan fingerprint density at radius 3 is 3.12 bits per heavy atom. The Labute approximate surface area is 96.4 Å². The number of methoxy groups -OCH3 is 1. The number of rotatable bonds is 8. The molecular formula is C11H21N3O2. The van der Waals surface area contributed by atoms with Gasteiger partial charge in [0.05, 0.1) is 19.3 Å². The Hall–Kier alpha value is -0.910. The van der Waals surface area contributed by atoms with Gasteiger partial charge in [0, 0.05) is 26.0 Å². The van der Waals surface area contributed by atoms with E-state index >= 15 is 0 Å². The Kier molecular flexibility index (Phi) is 6.07. The fraction of sp³-hybridized carbons (Fsp3) is 0.727. The number of nitrogens with zero attached hydrogens (tertiary/aromatic N) is 2. The quantitative estimate of drug-likeness (QED) is 0.631. The van der Waals surface area contributed by atoms with Gasteiger partial charge in [0.2, 0.25) is 0 Å². The number of aliphatic hydroxyl groups excluding tert-OH is 1. The molecule has 0 spiro atoms. The van der Waals surface area contributed by atoms with Gasteiger partial charge in [0.25, 0.3) is 0 Å². The van der Waals surface area contributed by atoms with Crippen molar-refractivity contribution in [1.82, 2.24) is 14.9 Å². The van der Waals surface area contributed by atoms with Crippen molar-refractivity contribution in [3.8, 4) is 0 Å². The lowest BCUT2D eigenvalue weighted by Gasteiger charge is -2.10. The average molecular weight is 227 g/mol. The van der Waals surface area contributed by atoms with Crippen LogP contribution in [0.5, 0.6) is 0 Å². The first-order valence-electron chi connectivity index (χ1n) is 5.65. The van der Waals surface area contributed by atoms with E-state index in [2.05, 4.69) is 21.8 Å². The zero-order valence-corrected chi connectivity index (χ0v) is 10.0. The van der Waals surface area contributed by atoms with E-state index in [1.165, 1.54) is 0 Å². The van der Waals surface area contributed by atoms with Crippen LogP contribution < -0.4 is 5.32 Å². The topological polar surface area (TPSA) is 59.3 Å². The third-order valence-corrected chi connectivity index (χ3v) is 2.44. The Morgan fingerprint density at radius 2 is 2.44 bits per heavy atom. The summed E-state index contributed by atoms with van der Waals surface area (Å²) in [6.07, 6.45) is 4.08. The van der Waals surface area contributed by atoms with E-state index in [9.17, 15) is 5.11 Å². The van der Waals surface area contributed by atoms with Crippen molar-refractivity contribution in [2.75, 3.05) is 20.3 Å². The molecule has 0 saturated heterocycles. The molecule has 16 heavy (non-hydrogen) atoms. The van der Waals surface area contributed by atoms with Gasteiger partial charge < -0.3 is 19.7 Å². The molecule has 0 radical (unpaired) electrons. The number of imidazole rings is 1. The van der Waals surface area contributed by atoms with Crippen LogP contribution in [0, 0.1) is 0 Å². The lowest BCUT2D eigenvalue weighted by atomic mass is 10.2. The van der Waals surface area contributed by atoms with Crippen LogP contribution in [0.4, 0.5) is 0 Å². The van der Waals surface area contributed by atoms with Gasteiger partial charge in [-0.2, -0.15) is 0 Å². The van der Waals surface area contributed by atoms with Crippen molar-refractivity contribution in [2.24, 2.45) is 0 Å². The molecule has 1 atom stereocenters. The number of hydrogen-bond donors (Lipinski definition) is 2. The monoisotopic (exact) mass is 227 g/mol. The van der Waals surface area contributed by atoms with Crippen molar-refractivity contribution < 1.29 is 9.84 Å². The zero-order chi connectivity index (χ0) is 11.8. The molecule has 1 rings (SSSR count). The van der Waals surface area contributed by atoms with Crippen LogP contribution in [-0.4, -0.2) is 41.0 Å². The predicted molar refractivity (Wildman–Crippen MR) is 62.1 cm³/mol. The fourth-order valence-corrected chi connectivity index (χ4v) is 1.54. The lowest BCUT2D eigenvalue weighted by Crippen LogP contribution is -2.24. The molecule has 2 N–H and O–H groups in total. The summed E-state index contributed by atoms with van der Waals surface area (Å²) in [5.41, 5.74) is 0. The van der Waals surface area contributed by atoms with Crippen molar-refractivity contribution in [3.63, 3.8) is 0 Å². The highest BCUT2D eigenvalue weighted by molar-refractivity contribution is 4.91. The summed E-state index contributed by atoms with van der Waals surface area (Å²) in [4.78, 5) is 4.25. The maximum absolute atomic E-state index is 9.42. The third kappa shape index (κ3) is 4.30. The molecule has 5 heteroatoms. The Bertz CT molecular complexity index is 289. The minimum atomic E-state index is -0.386. The van der Waals surface area contributed by atoms with Crippen LogP contribution in [0.15, 0.2) is 12.4 Å². The highest BCUT2D eigenvalue weighted by atomic mass is 16.5. The number of nitrogens with one attached hydrogen (secondary N) is 1. The van der Waals surface area contributed by atoms with Crippen molar-refractivity contribution in [3.05, 3.63) is 18.2 Å². The summed E-state index contributed by atoms with van der Waals surface area (Å²) >= 11 is 0. The first kappa shape index (κ1) is 13.2. The van der Waals surface area contributed by atoms with Gasteiger partial charge >= 0.3 is 0 Å². The van der Waals surface area contributed by atoms with Crippen molar-refractivity contribution >= 4 is 0 Å². The van der Waals surface area contributed by atoms with Gasteiger partial charge in [-0.1, -0.05) is 0 Å². The van der Waals surface area contributed by atoms with Crippen molar-refractivity contribution in [1.29, 1.82) is 0 Å². The molecule has 0 bridgehead atoms. The SMILES string of the molecule is CCn1ccnc1CNCCC(O)COC. The second-order valence-corrected chi connectivity index (χ2v) is 3.70. The second kappa shape index (κ2) is 7.38. The first-order chi connectivity index (χ1) is 7.77. The highest BCUT2D eigenvalue weighted by Gasteiger charge is 2.03. The molecule has 1 heterocycles. The van der Waals surface area contributed by atoms with Gasteiger partial charge in [-0.05, 0) is 19.9 Å². The molecule has 5 nitrogen and oxygen atoms in total. The molecule has 1 aromatic heterocycles. The molecule has 1 unspecified atom stereocenters. The van der Waals surface area contributed by atoms with E-state index in [0.29, 0.717) is 13.0 Å². The van der Waals surface area contributed by atoms with Crippen LogP contribution >= 0.6 is 0 Å². The number of aryl methyl sites for hydroxylation is 1. The summed E-state index contributed by atoms with van der Waals surface area (Å²) in [5, 5.41) is 12.7. The summed E-state index contributed by atoms with van der Waals surface area (Å²) in [6.45, 7) is 4.92. The normalized spacial score (nSPS) is 12.9. The van der Waals surface area contributed by atoms with Gasteiger partial charge in [0.1, 0.15) is 5.82 Å². The van der Waals surface area contributed by atoms with E-state index in [1.54, 1.807) is 13.3 Å². The minimum Gasteiger partial charge on any atom is -0.391 e. The smallest absolute Gasteiger partial charge is 0.122 e. The molecule has 0 aromatic carbocycles. The summed E-state index contributed by atoms with van der Waals surface area (Å²) < 4.78 is 6.94. The van der Waals surface area contributed by atoms with Crippen molar-refractivity contribution in [2.45, 2.75) is 32.5 Å². The minimum absolute atomic E-state index is 0.386. The van der Waals surface area contributed by atoms with Crippen LogP contribution in [0.2, 0.25) is 0 Å². The maximum Gasteiger partial charge on any atom is 0.122 e. The Balaban J connectivity index is 2.16. The number of aliphatic hydroxyl groups is 1. The highest BCUT2D eigenvalue weighted by Crippen LogP contribution is 1.97. The maximum atomic E-state index is 9.42. The van der Waals surface area contributed by atoms with E-state index in [1.807, 2.05) is 6.20 Å². The fourth-order valence-electron chi connectivity index (χ4n) is 1.54. The van der Waals surface area contributed by atoms with Crippen LogP contribution in [0.3, 0.4) is 0 Å². The Morgan fingerprint density at radius 1 is 1.62 bits per heavy atom. The molecule has 1 aromatic rings. The first-order valence-corrected chi connectivity index (χ1v) is 5.65. The van der Waals surface area contributed by atoms with Crippen LogP contribution in [0.25, 0.3) is 0 Å². The predicted octanol–water partition coefficient (Wildman–Crippen LogP) is 0.390. The summed E-state index contributed by atoms with van der Waals surface area (Å²) in [6, 6.07) is 0. The van der Waals surface area contributed by atoms with Gasteiger partial charge in [0.15, 0.2) is 0 Å². The number of aromatic nitrogens is 2. The van der Waals surface area contributed by atoms with E-state index in [0.717, 1.165) is 25.5 Å². The molecule has 0 fully saturated rings. The van der Waals surface area contributed by atoms with E-state index < -0.39 is 0 Å². The number of hydrogen-bond acceptors (Lipinski definition) is 4. The molecule has 0 saturated carbocycles. The average Bonchev–Trinajstić information content (AvgIpc) is 2.72. The molecular weight excluding hydrogens is 206 g/mol. The van der Waals surface area contributed by atoms with Crippen LogP contribution in [-0.2, 0) is 17.8 Å². The molecule has 0 aliphatic carbocycles. The zero-order valence-electron chi connectivity index (χ0n) is 10.0. The summed E-state index contributed by atoms with van der Waals surface area (Å²) in [7, 11) is 1.59. The van der Waals surface area contributed by atoms with E-state index in [-0.39, 0.29) is 6.10 Å². The largest absolute Gasteiger partial charge is 0.391 e. The third-order valence-electron chi connectivity index (χ3n) is 2.44. The second-order valence-electron chi connectivity index (χ2n) is 3.70. The number of ether oxygens (including phenoxy) is 1.